The largest absolute Gasteiger partial charge is 0.497 e. The van der Waals surface area contributed by atoms with Crippen molar-refractivity contribution in [2.75, 3.05) is 19.0 Å². The van der Waals surface area contributed by atoms with Crippen LogP contribution in [0.4, 0.5) is 10.5 Å². The zero-order valence-corrected chi connectivity index (χ0v) is 12.8. The van der Waals surface area contributed by atoms with Crippen LogP contribution in [0.15, 0.2) is 18.2 Å². The van der Waals surface area contributed by atoms with E-state index in [1.807, 2.05) is 20.8 Å². The van der Waals surface area contributed by atoms with Gasteiger partial charge in [-0.3, -0.25) is 0 Å². The first-order valence-corrected chi connectivity index (χ1v) is 6.93. The molecule has 6 nitrogen and oxygen atoms in total. The lowest BCUT2D eigenvalue weighted by Crippen LogP contribution is -2.41. The standard InChI is InChI=1S/C15H22N2O4/c1-5-10(3)17(6-2)15(20)16-13-8-7-11(21-4)9-12(13)14(18)19/h7-10H,5-6H2,1-4H3,(H,16,20)(H,18,19). The molecule has 0 radical (unpaired) electrons. The summed E-state index contributed by atoms with van der Waals surface area (Å²) in [5, 5.41) is 11.9. The minimum atomic E-state index is -1.12. The van der Waals surface area contributed by atoms with E-state index in [1.54, 1.807) is 11.0 Å². The average Bonchev–Trinajstić information content (AvgIpc) is 2.47. The molecule has 0 saturated heterocycles. The highest BCUT2D eigenvalue weighted by molar-refractivity contribution is 6.00. The van der Waals surface area contributed by atoms with Crippen LogP contribution in [0.5, 0.6) is 5.75 Å². The Hall–Kier alpha value is -2.24. The van der Waals surface area contributed by atoms with E-state index in [1.165, 1.54) is 19.2 Å². The van der Waals surface area contributed by atoms with Gasteiger partial charge in [-0.05, 0) is 38.5 Å². The zero-order valence-electron chi connectivity index (χ0n) is 12.8. The van der Waals surface area contributed by atoms with Crippen LogP contribution in [0.2, 0.25) is 0 Å². The van der Waals surface area contributed by atoms with Gasteiger partial charge >= 0.3 is 12.0 Å². The number of carboxylic acids is 1. The molecular weight excluding hydrogens is 272 g/mol. The fourth-order valence-corrected chi connectivity index (χ4v) is 2.00. The highest BCUT2D eigenvalue weighted by atomic mass is 16.5. The second kappa shape index (κ2) is 7.52. The second-order valence-electron chi connectivity index (χ2n) is 4.69. The Kier molecular flexibility index (Phi) is 6.02. The Balaban J connectivity index is 3.01. The van der Waals surface area contributed by atoms with Crippen molar-refractivity contribution < 1.29 is 19.4 Å². The van der Waals surface area contributed by atoms with E-state index in [4.69, 9.17) is 4.74 Å². The molecule has 0 aliphatic carbocycles. The number of nitrogens with zero attached hydrogens (tertiary/aromatic N) is 1. The molecule has 116 valence electrons. The summed E-state index contributed by atoms with van der Waals surface area (Å²) in [6, 6.07) is 4.31. The summed E-state index contributed by atoms with van der Waals surface area (Å²) in [5.41, 5.74) is 0.262. The Morgan fingerprint density at radius 3 is 2.52 bits per heavy atom. The van der Waals surface area contributed by atoms with Crippen molar-refractivity contribution in [2.24, 2.45) is 0 Å². The maximum atomic E-state index is 12.3. The van der Waals surface area contributed by atoms with Gasteiger partial charge in [0, 0.05) is 12.6 Å². The lowest BCUT2D eigenvalue weighted by atomic mass is 10.1. The minimum absolute atomic E-state index is 0.00269. The summed E-state index contributed by atoms with van der Waals surface area (Å²) in [5.74, 6) is -0.685. The monoisotopic (exact) mass is 294 g/mol. The van der Waals surface area contributed by atoms with Crippen LogP contribution in [0.25, 0.3) is 0 Å². The van der Waals surface area contributed by atoms with Crippen LogP contribution in [-0.2, 0) is 0 Å². The number of methoxy groups -OCH3 is 1. The van der Waals surface area contributed by atoms with Gasteiger partial charge in [-0.1, -0.05) is 6.92 Å². The van der Waals surface area contributed by atoms with Crippen molar-refractivity contribution in [3.05, 3.63) is 23.8 Å². The van der Waals surface area contributed by atoms with E-state index in [2.05, 4.69) is 5.32 Å². The number of carboxylic acid groups (broad SMARTS) is 1. The van der Waals surface area contributed by atoms with E-state index >= 15 is 0 Å². The van der Waals surface area contributed by atoms with E-state index < -0.39 is 5.97 Å². The van der Waals surface area contributed by atoms with Gasteiger partial charge < -0.3 is 20.1 Å². The molecule has 1 aromatic rings. The van der Waals surface area contributed by atoms with Gasteiger partial charge in [0.2, 0.25) is 0 Å². The van der Waals surface area contributed by atoms with Gasteiger partial charge in [-0.15, -0.1) is 0 Å². The minimum Gasteiger partial charge on any atom is -0.497 e. The van der Waals surface area contributed by atoms with Gasteiger partial charge in [0.15, 0.2) is 0 Å². The van der Waals surface area contributed by atoms with Crippen LogP contribution in [0, 0.1) is 0 Å². The van der Waals surface area contributed by atoms with Gasteiger partial charge in [-0.25, -0.2) is 9.59 Å². The molecule has 6 heteroatoms. The van der Waals surface area contributed by atoms with Crippen LogP contribution in [0.1, 0.15) is 37.6 Å². The highest BCUT2D eigenvalue weighted by Gasteiger charge is 2.20. The molecule has 0 spiro atoms. The number of anilines is 1. The van der Waals surface area contributed by atoms with E-state index in [9.17, 15) is 14.7 Å². The third-order valence-corrected chi connectivity index (χ3v) is 3.42. The number of hydrogen-bond donors (Lipinski definition) is 2. The number of carbonyl (C=O) groups excluding carboxylic acids is 1. The number of nitrogens with one attached hydrogen (secondary N) is 1. The smallest absolute Gasteiger partial charge is 0.337 e. The molecule has 0 aliphatic rings. The number of amides is 2. The number of hydrogen-bond acceptors (Lipinski definition) is 3. The first-order chi connectivity index (χ1) is 9.94. The average molecular weight is 294 g/mol. The summed E-state index contributed by atoms with van der Waals surface area (Å²) in [6.07, 6.45) is 0.829. The molecule has 0 aliphatic heterocycles. The SMILES string of the molecule is CCC(C)N(CC)C(=O)Nc1ccc(OC)cc1C(=O)O. The topological polar surface area (TPSA) is 78.9 Å². The van der Waals surface area contributed by atoms with Crippen LogP contribution >= 0.6 is 0 Å². The molecule has 1 atom stereocenters. The summed E-state index contributed by atoms with van der Waals surface area (Å²) in [6.45, 7) is 6.39. The third kappa shape index (κ3) is 4.11. The van der Waals surface area contributed by atoms with Crippen LogP contribution in [0.3, 0.4) is 0 Å². The fraction of sp³-hybridized carbons (Fsp3) is 0.467. The van der Waals surface area contributed by atoms with Gasteiger partial charge in [0.1, 0.15) is 5.75 Å². The Morgan fingerprint density at radius 1 is 1.38 bits per heavy atom. The first-order valence-electron chi connectivity index (χ1n) is 6.93. The number of carbonyl (C=O) groups is 2. The van der Waals surface area contributed by atoms with Crippen molar-refractivity contribution >= 4 is 17.7 Å². The second-order valence-corrected chi connectivity index (χ2v) is 4.69. The van der Waals surface area contributed by atoms with Gasteiger partial charge in [-0.2, -0.15) is 0 Å². The molecule has 0 heterocycles. The first kappa shape index (κ1) is 16.8. The quantitative estimate of drug-likeness (QED) is 0.845. The Bertz CT molecular complexity index is 516. The van der Waals surface area contributed by atoms with Crippen molar-refractivity contribution in [2.45, 2.75) is 33.2 Å². The highest BCUT2D eigenvalue weighted by Crippen LogP contribution is 2.22. The Morgan fingerprint density at radius 2 is 2.05 bits per heavy atom. The maximum absolute atomic E-state index is 12.3. The molecule has 0 aromatic heterocycles. The molecule has 2 N–H and O–H groups in total. The van der Waals surface area contributed by atoms with E-state index in [0.717, 1.165) is 6.42 Å². The van der Waals surface area contributed by atoms with Crippen molar-refractivity contribution in [1.29, 1.82) is 0 Å². The molecule has 1 unspecified atom stereocenters. The molecule has 0 saturated carbocycles. The predicted molar refractivity (Wildman–Crippen MR) is 81.1 cm³/mol. The van der Waals surface area contributed by atoms with E-state index in [-0.39, 0.29) is 23.3 Å². The summed E-state index contributed by atoms with van der Waals surface area (Å²) < 4.78 is 5.00. The molecular formula is C15H22N2O4. The van der Waals surface area contributed by atoms with Crippen molar-refractivity contribution in [1.82, 2.24) is 4.90 Å². The maximum Gasteiger partial charge on any atom is 0.337 e. The predicted octanol–water partition coefficient (Wildman–Crippen LogP) is 3.05. The molecule has 0 fully saturated rings. The molecule has 1 aromatic carbocycles. The summed E-state index contributed by atoms with van der Waals surface area (Å²) in [4.78, 5) is 25.2. The molecule has 0 bridgehead atoms. The Labute approximate surface area is 124 Å². The summed E-state index contributed by atoms with van der Waals surface area (Å²) >= 11 is 0. The lowest BCUT2D eigenvalue weighted by Gasteiger charge is -2.27. The fourth-order valence-electron chi connectivity index (χ4n) is 2.00. The van der Waals surface area contributed by atoms with Gasteiger partial charge in [0.25, 0.3) is 0 Å². The van der Waals surface area contributed by atoms with E-state index in [0.29, 0.717) is 12.3 Å². The molecule has 2 amide bonds. The van der Waals surface area contributed by atoms with Crippen molar-refractivity contribution in [3.8, 4) is 5.75 Å². The van der Waals surface area contributed by atoms with Crippen molar-refractivity contribution in [3.63, 3.8) is 0 Å². The lowest BCUT2D eigenvalue weighted by molar-refractivity contribution is 0.0697. The third-order valence-electron chi connectivity index (χ3n) is 3.42. The number of aromatic carboxylic acids is 1. The normalized spacial score (nSPS) is 11.6. The number of rotatable bonds is 6. The number of ether oxygens (including phenoxy) is 1. The molecule has 21 heavy (non-hydrogen) atoms. The van der Waals surface area contributed by atoms with Gasteiger partial charge in [0.05, 0.1) is 18.4 Å². The summed E-state index contributed by atoms with van der Waals surface area (Å²) in [7, 11) is 1.46. The van der Waals surface area contributed by atoms with Crippen LogP contribution in [-0.4, -0.2) is 41.7 Å². The number of benzene rings is 1. The number of urea groups is 1. The molecule has 1 rings (SSSR count). The van der Waals surface area contributed by atoms with Crippen LogP contribution < -0.4 is 10.1 Å². The zero-order chi connectivity index (χ0) is 16.0.